The molecular weight excluding hydrogens is 255 g/mol. The number of benzene rings is 1. The predicted octanol–water partition coefficient (Wildman–Crippen LogP) is 2.32. The highest BCUT2D eigenvalue weighted by Crippen LogP contribution is 2.17. The molecule has 1 saturated heterocycles. The van der Waals surface area contributed by atoms with Crippen molar-refractivity contribution >= 4 is 28.6 Å². The van der Waals surface area contributed by atoms with Gasteiger partial charge in [0.05, 0.1) is 0 Å². The molecule has 1 fully saturated rings. The lowest BCUT2D eigenvalue weighted by Gasteiger charge is -2.13. The third-order valence-corrected chi connectivity index (χ3v) is 3.45. The van der Waals surface area contributed by atoms with E-state index < -0.39 is 0 Å². The van der Waals surface area contributed by atoms with Gasteiger partial charge in [-0.3, -0.25) is 9.59 Å². The minimum atomic E-state index is -0.390. The average Bonchev–Trinajstić information content (AvgIpc) is 2.72. The Bertz CT molecular complexity index is 467. The first-order valence-corrected chi connectivity index (χ1v) is 6.61. The Morgan fingerprint density at radius 2 is 2.33 bits per heavy atom. The highest BCUT2D eigenvalue weighted by molar-refractivity contribution is 8.13. The fourth-order valence-corrected chi connectivity index (χ4v) is 2.51. The van der Waals surface area contributed by atoms with Crippen LogP contribution in [-0.2, 0) is 4.79 Å². The van der Waals surface area contributed by atoms with Gasteiger partial charge >= 0.3 is 0 Å². The molecule has 4 nitrogen and oxygen atoms in total. The standard InChI is InChI=1S/C12H13FN2O2S/c13-9-2-1-3-10(8-9)14-11(16)4-5-15-6-7-18-12(15)17/h1-3,8H,4-7H2,(H,14,16). The molecular formula is C12H13FN2O2S. The largest absolute Gasteiger partial charge is 0.332 e. The second-order valence-corrected chi connectivity index (χ2v) is 4.96. The minimum Gasteiger partial charge on any atom is -0.332 e. The van der Waals surface area contributed by atoms with E-state index in [9.17, 15) is 14.0 Å². The van der Waals surface area contributed by atoms with Crippen LogP contribution in [0.5, 0.6) is 0 Å². The van der Waals surface area contributed by atoms with Gasteiger partial charge in [0, 0.05) is 31.0 Å². The molecule has 6 heteroatoms. The number of hydrogen-bond donors (Lipinski definition) is 1. The van der Waals surface area contributed by atoms with E-state index >= 15 is 0 Å². The molecule has 0 aromatic heterocycles. The molecule has 2 rings (SSSR count). The molecule has 0 unspecified atom stereocenters. The Morgan fingerprint density at radius 1 is 1.50 bits per heavy atom. The molecule has 18 heavy (non-hydrogen) atoms. The lowest BCUT2D eigenvalue weighted by molar-refractivity contribution is -0.116. The summed E-state index contributed by atoms with van der Waals surface area (Å²) in [6, 6.07) is 5.73. The summed E-state index contributed by atoms with van der Waals surface area (Å²) in [5, 5.41) is 2.62. The molecule has 96 valence electrons. The molecule has 1 aliphatic heterocycles. The number of carbonyl (C=O) groups excluding carboxylic acids is 2. The van der Waals surface area contributed by atoms with Gasteiger partial charge in [-0.05, 0) is 18.2 Å². The van der Waals surface area contributed by atoms with Crippen LogP contribution in [0.3, 0.4) is 0 Å². The number of nitrogens with zero attached hydrogens (tertiary/aromatic N) is 1. The number of hydrogen-bond acceptors (Lipinski definition) is 3. The topological polar surface area (TPSA) is 49.4 Å². The number of nitrogens with one attached hydrogen (secondary N) is 1. The zero-order chi connectivity index (χ0) is 13.0. The number of rotatable bonds is 4. The summed E-state index contributed by atoms with van der Waals surface area (Å²) >= 11 is 1.27. The predicted molar refractivity (Wildman–Crippen MR) is 69.1 cm³/mol. The van der Waals surface area contributed by atoms with Crippen molar-refractivity contribution in [2.45, 2.75) is 6.42 Å². The fraction of sp³-hybridized carbons (Fsp3) is 0.333. The Hall–Kier alpha value is -1.56. The summed E-state index contributed by atoms with van der Waals surface area (Å²) in [7, 11) is 0. The van der Waals surface area contributed by atoms with Gasteiger partial charge in [-0.2, -0.15) is 0 Å². The lowest BCUT2D eigenvalue weighted by Crippen LogP contribution is -2.27. The van der Waals surface area contributed by atoms with Crippen molar-refractivity contribution in [3.63, 3.8) is 0 Å². The molecule has 0 bridgehead atoms. The fourth-order valence-electron chi connectivity index (χ4n) is 1.66. The van der Waals surface area contributed by atoms with E-state index in [-0.39, 0.29) is 23.4 Å². The van der Waals surface area contributed by atoms with Crippen LogP contribution in [-0.4, -0.2) is 34.9 Å². The number of amides is 2. The molecule has 1 aromatic rings. The summed E-state index contributed by atoms with van der Waals surface area (Å²) < 4.78 is 12.9. The van der Waals surface area contributed by atoms with Gasteiger partial charge in [-0.15, -0.1) is 0 Å². The second-order valence-electron chi connectivity index (χ2n) is 3.91. The number of anilines is 1. The zero-order valence-electron chi connectivity index (χ0n) is 9.69. The van der Waals surface area contributed by atoms with Gasteiger partial charge in [0.25, 0.3) is 5.24 Å². The second kappa shape index (κ2) is 5.86. The maximum Gasteiger partial charge on any atom is 0.281 e. The van der Waals surface area contributed by atoms with Gasteiger partial charge in [0.2, 0.25) is 5.91 Å². The Kier molecular flexibility index (Phi) is 4.19. The number of thioether (sulfide) groups is 1. The van der Waals surface area contributed by atoms with Crippen LogP contribution < -0.4 is 5.32 Å². The van der Waals surface area contributed by atoms with Gasteiger partial charge < -0.3 is 10.2 Å². The average molecular weight is 268 g/mol. The van der Waals surface area contributed by atoms with Crippen LogP contribution >= 0.6 is 11.8 Å². The van der Waals surface area contributed by atoms with Crippen molar-refractivity contribution in [2.75, 3.05) is 24.2 Å². The highest BCUT2D eigenvalue weighted by Gasteiger charge is 2.21. The number of carbonyl (C=O) groups is 2. The van der Waals surface area contributed by atoms with Crippen molar-refractivity contribution in [1.29, 1.82) is 0 Å². The molecule has 2 amide bonds. The van der Waals surface area contributed by atoms with E-state index in [1.165, 1.54) is 30.0 Å². The Morgan fingerprint density at radius 3 is 3.00 bits per heavy atom. The molecule has 0 atom stereocenters. The van der Waals surface area contributed by atoms with Gasteiger partial charge in [-0.25, -0.2) is 4.39 Å². The summed E-state index contributed by atoms with van der Waals surface area (Å²) in [6.45, 7) is 1.10. The van der Waals surface area contributed by atoms with Crippen molar-refractivity contribution < 1.29 is 14.0 Å². The third kappa shape index (κ3) is 3.46. The summed E-state index contributed by atoms with van der Waals surface area (Å²) in [5.74, 6) is 0.175. The number of halogens is 1. The zero-order valence-corrected chi connectivity index (χ0v) is 10.5. The smallest absolute Gasteiger partial charge is 0.281 e. The molecule has 1 heterocycles. The summed E-state index contributed by atoms with van der Waals surface area (Å²) in [4.78, 5) is 24.6. The molecule has 0 aliphatic carbocycles. The van der Waals surface area contributed by atoms with Crippen molar-refractivity contribution in [3.8, 4) is 0 Å². The first kappa shape index (κ1) is 12.9. The molecule has 0 saturated carbocycles. The van der Waals surface area contributed by atoms with Gasteiger partial charge in [0.1, 0.15) is 5.82 Å². The third-order valence-electron chi connectivity index (χ3n) is 2.56. The van der Waals surface area contributed by atoms with Crippen LogP contribution in [0.2, 0.25) is 0 Å². The summed E-state index contributed by atoms with van der Waals surface area (Å²) in [5.41, 5.74) is 0.433. The van der Waals surface area contributed by atoms with E-state index in [1.807, 2.05) is 0 Å². The quantitative estimate of drug-likeness (QED) is 0.911. The van der Waals surface area contributed by atoms with E-state index in [1.54, 1.807) is 11.0 Å². The Labute approximate surface area is 109 Å². The molecule has 0 radical (unpaired) electrons. The molecule has 1 aliphatic rings. The van der Waals surface area contributed by atoms with Crippen molar-refractivity contribution in [1.82, 2.24) is 4.90 Å². The summed E-state index contributed by atoms with van der Waals surface area (Å²) in [6.07, 6.45) is 0.225. The lowest BCUT2D eigenvalue weighted by atomic mass is 10.3. The van der Waals surface area contributed by atoms with Crippen molar-refractivity contribution in [2.24, 2.45) is 0 Å². The molecule has 0 spiro atoms. The normalized spacial score (nSPS) is 14.9. The SMILES string of the molecule is O=C(CCN1CCSC1=O)Nc1cccc(F)c1. The molecule has 1 aromatic carbocycles. The van der Waals surface area contributed by atoms with Crippen LogP contribution in [0, 0.1) is 5.82 Å². The monoisotopic (exact) mass is 268 g/mol. The van der Waals surface area contributed by atoms with E-state index in [0.717, 1.165) is 5.75 Å². The van der Waals surface area contributed by atoms with E-state index in [0.29, 0.717) is 18.8 Å². The molecule has 1 N–H and O–H groups in total. The van der Waals surface area contributed by atoms with E-state index in [4.69, 9.17) is 0 Å². The van der Waals surface area contributed by atoms with Crippen LogP contribution in [0.15, 0.2) is 24.3 Å². The first-order chi connectivity index (χ1) is 8.65. The highest BCUT2D eigenvalue weighted by atomic mass is 32.2. The van der Waals surface area contributed by atoms with Gasteiger partial charge in [-0.1, -0.05) is 17.8 Å². The maximum absolute atomic E-state index is 12.9. The van der Waals surface area contributed by atoms with E-state index in [2.05, 4.69) is 5.32 Å². The van der Waals surface area contributed by atoms with Gasteiger partial charge in [0.15, 0.2) is 0 Å². The minimum absolute atomic E-state index is 0.0218. The maximum atomic E-state index is 12.9. The van der Waals surface area contributed by atoms with Crippen LogP contribution in [0.25, 0.3) is 0 Å². The first-order valence-electron chi connectivity index (χ1n) is 5.62. The van der Waals surface area contributed by atoms with Crippen LogP contribution in [0.4, 0.5) is 14.9 Å². The Balaban J connectivity index is 1.80. The van der Waals surface area contributed by atoms with Crippen molar-refractivity contribution in [3.05, 3.63) is 30.1 Å². The van der Waals surface area contributed by atoms with Crippen LogP contribution in [0.1, 0.15) is 6.42 Å².